The third-order valence-electron chi connectivity index (χ3n) is 3.84. The topological polar surface area (TPSA) is 99.0 Å². The largest absolute Gasteiger partial charge is 0.508 e. The van der Waals surface area contributed by atoms with E-state index in [0.29, 0.717) is 11.3 Å². The van der Waals surface area contributed by atoms with E-state index in [-0.39, 0.29) is 17.1 Å². The average molecular weight is 301 g/mol. The highest BCUT2D eigenvalue weighted by molar-refractivity contribution is 6.00. The Hall–Kier alpha value is -2.57. The van der Waals surface area contributed by atoms with Gasteiger partial charge in [-0.3, -0.25) is 4.79 Å². The molecule has 0 spiro atoms. The molecule has 1 amide bonds. The van der Waals surface area contributed by atoms with Crippen molar-refractivity contribution >= 4 is 11.6 Å². The van der Waals surface area contributed by atoms with Gasteiger partial charge in [0.05, 0.1) is 11.3 Å². The Balaban J connectivity index is 2.30. The third kappa shape index (κ3) is 1.93. The number of phenolic OH excluding ortho intramolecular Hbond substituents is 2. The molecule has 114 valence electrons. The molecule has 0 aliphatic carbocycles. The highest BCUT2D eigenvalue weighted by Crippen LogP contribution is 2.46. The van der Waals surface area contributed by atoms with Crippen LogP contribution in [0, 0.1) is 0 Å². The van der Waals surface area contributed by atoms with Crippen LogP contribution < -0.4 is 5.32 Å². The second kappa shape index (κ2) is 5.01. The molecule has 0 radical (unpaired) electrons. The summed E-state index contributed by atoms with van der Waals surface area (Å²) in [6.45, 7) is 0. The molecule has 22 heavy (non-hydrogen) atoms. The van der Waals surface area contributed by atoms with Crippen LogP contribution in [0.5, 0.6) is 11.5 Å². The van der Waals surface area contributed by atoms with Gasteiger partial charge in [0.2, 0.25) is 0 Å². The Kier molecular flexibility index (Phi) is 3.27. The van der Waals surface area contributed by atoms with Gasteiger partial charge in [-0.15, -0.1) is 0 Å². The molecule has 3 rings (SSSR count). The lowest BCUT2D eigenvalue weighted by Crippen LogP contribution is -2.52. The maximum atomic E-state index is 12.2. The number of carbonyl (C=O) groups is 1. The van der Waals surface area contributed by atoms with Crippen LogP contribution in [-0.4, -0.2) is 34.4 Å². The van der Waals surface area contributed by atoms with Crippen molar-refractivity contribution < 1.29 is 24.9 Å². The van der Waals surface area contributed by atoms with Gasteiger partial charge in [0.1, 0.15) is 11.5 Å². The van der Waals surface area contributed by atoms with Crippen molar-refractivity contribution in [1.82, 2.24) is 0 Å². The van der Waals surface area contributed by atoms with Crippen molar-refractivity contribution in [3.8, 4) is 11.5 Å². The molecule has 1 heterocycles. The fourth-order valence-electron chi connectivity index (χ4n) is 2.85. The zero-order chi connectivity index (χ0) is 15.9. The number of amides is 1. The molecule has 6 heteroatoms. The number of aromatic hydroxyl groups is 2. The Morgan fingerprint density at radius 1 is 1.14 bits per heavy atom. The molecule has 1 aliphatic heterocycles. The normalized spacial score (nSPS) is 23.7. The van der Waals surface area contributed by atoms with Crippen LogP contribution in [0.15, 0.2) is 42.5 Å². The quantitative estimate of drug-likeness (QED) is 0.670. The molecule has 4 N–H and O–H groups in total. The van der Waals surface area contributed by atoms with Gasteiger partial charge in [0, 0.05) is 7.11 Å². The van der Waals surface area contributed by atoms with Gasteiger partial charge in [0.15, 0.2) is 11.7 Å². The lowest BCUT2D eigenvalue weighted by molar-refractivity contribution is -0.142. The number of methoxy groups -OCH3 is 1. The molecule has 2 aromatic rings. The number of nitrogens with one attached hydrogen (secondary N) is 1. The first kappa shape index (κ1) is 14.4. The molecular formula is C16H15NO5. The van der Waals surface area contributed by atoms with Crippen LogP contribution in [0.1, 0.15) is 11.1 Å². The van der Waals surface area contributed by atoms with Crippen LogP contribution in [0.3, 0.4) is 0 Å². The van der Waals surface area contributed by atoms with E-state index in [2.05, 4.69) is 5.32 Å². The maximum Gasteiger partial charge on any atom is 0.257 e. The van der Waals surface area contributed by atoms with Gasteiger partial charge in [-0.2, -0.15) is 0 Å². The van der Waals surface area contributed by atoms with Crippen molar-refractivity contribution in [2.75, 3.05) is 12.4 Å². The van der Waals surface area contributed by atoms with Gasteiger partial charge in [-0.05, 0) is 29.8 Å². The maximum absolute atomic E-state index is 12.2. The number of benzene rings is 2. The summed E-state index contributed by atoms with van der Waals surface area (Å²) >= 11 is 0. The van der Waals surface area contributed by atoms with Crippen LogP contribution in [0.25, 0.3) is 0 Å². The number of ether oxygens (including phenoxy) is 1. The van der Waals surface area contributed by atoms with Crippen LogP contribution >= 0.6 is 0 Å². The van der Waals surface area contributed by atoms with E-state index in [9.17, 15) is 20.1 Å². The SMILES string of the molecule is CO[C@H]1C(=O)Nc2cccc(O)c2[C@]1(O)c1ccc(O)cc1. The molecule has 1 aliphatic rings. The minimum absolute atomic E-state index is 0.0269. The van der Waals surface area contributed by atoms with E-state index in [1.165, 1.54) is 37.4 Å². The Bertz CT molecular complexity index is 728. The molecule has 2 atom stereocenters. The minimum Gasteiger partial charge on any atom is -0.508 e. The van der Waals surface area contributed by atoms with Crippen molar-refractivity contribution in [3.63, 3.8) is 0 Å². The number of hydrogen-bond acceptors (Lipinski definition) is 5. The first-order valence-corrected chi connectivity index (χ1v) is 6.66. The minimum atomic E-state index is -1.87. The van der Waals surface area contributed by atoms with Gasteiger partial charge in [-0.25, -0.2) is 0 Å². The van der Waals surface area contributed by atoms with Gasteiger partial charge >= 0.3 is 0 Å². The number of rotatable bonds is 2. The smallest absolute Gasteiger partial charge is 0.257 e. The Morgan fingerprint density at radius 2 is 1.82 bits per heavy atom. The van der Waals surface area contributed by atoms with Crippen LogP contribution in [0.2, 0.25) is 0 Å². The first-order valence-electron chi connectivity index (χ1n) is 6.66. The van der Waals surface area contributed by atoms with Crippen molar-refractivity contribution in [3.05, 3.63) is 53.6 Å². The summed E-state index contributed by atoms with van der Waals surface area (Å²) in [5.41, 5.74) is -1.07. The number of aliphatic hydroxyl groups is 1. The second-order valence-corrected chi connectivity index (χ2v) is 5.12. The second-order valence-electron chi connectivity index (χ2n) is 5.12. The van der Waals surface area contributed by atoms with E-state index >= 15 is 0 Å². The van der Waals surface area contributed by atoms with Gasteiger partial charge in [-0.1, -0.05) is 18.2 Å². The number of fused-ring (bicyclic) bond motifs is 1. The van der Waals surface area contributed by atoms with Crippen LogP contribution in [-0.2, 0) is 15.1 Å². The standard InChI is InChI=1S/C16H15NO5/c1-22-14-15(20)17-11-3-2-4-12(19)13(11)16(14,21)9-5-7-10(18)8-6-9/h2-8,14,18-19,21H,1H3,(H,17,20)/t14-,16+/m0/s1. The number of hydrogen-bond donors (Lipinski definition) is 4. The molecule has 0 unspecified atom stereocenters. The van der Waals surface area contributed by atoms with Crippen molar-refractivity contribution in [1.29, 1.82) is 0 Å². The highest BCUT2D eigenvalue weighted by Gasteiger charge is 2.51. The summed E-state index contributed by atoms with van der Waals surface area (Å²) in [6.07, 6.45) is -1.24. The fraction of sp³-hybridized carbons (Fsp3) is 0.188. The average Bonchev–Trinajstić information content (AvgIpc) is 2.47. The van der Waals surface area contributed by atoms with E-state index in [1.807, 2.05) is 0 Å². The Morgan fingerprint density at radius 3 is 2.45 bits per heavy atom. The van der Waals surface area contributed by atoms with E-state index in [4.69, 9.17) is 4.74 Å². The summed E-state index contributed by atoms with van der Waals surface area (Å²) in [7, 11) is 1.31. The number of anilines is 1. The summed E-state index contributed by atoms with van der Waals surface area (Å²) in [5.74, 6) is -0.648. The zero-order valence-electron chi connectivity index (χ0n) is 11.8. The molecule has 0 saturated carbocycles. The molecule has 0 aromatic heterocycles. The number of carbonyl (C=O) groups excluding carboxylic acids is 1. The molecule has 0 bridgehead atoms. The van der Waals surface area contributed by atoms with Crippen molar-refractivity contribution in [2.24, 2.45) is 0 Å². The Labute approximate surface area is 126 Å². The fourth-order valence-corrected chi connectivity index (χ4v) is 2.85. The van der Waals surface area contributed by atoms with Crippen LogP contribution in [0.4, 0.5) is 5.69 Å². The third-order valence-corrected chi connectivity index (χ3v) is 3.84. The first-order chi connectivity index (χ1) is 10.5. The molecule has 6 nitrogen and oxygen atoms in total. The molecule has 0 fully saturated rings. The lowest BCUT2D eigenvalue weighted by Gasteiger charge is -2.40. The molecular weight excluding hydrogens is 286 g/mol. The van der Waals surface area contributed by atoms with Crippen molar-refractivity contribution in [2.45, 2.75) is 11.7 Å². The summed E-state index contributed by atoms with van der Waals surface area (Å²) in [4.78, 5) is 12.2. The predicted octanol–water partition coefficient (Wildman–Crippen LogP) is 1.30. The highest BCUT2D eigenvalue weighted by atomic mass is 16.5. The number of phenols is 2. The summed E-state index contributed by atoms with van der Waals surface area (Å²) in [6, 6.07) is 10.3. The molecule has 2 aromatic carbocycles. The molecule has 0 saturated heterocycles. The summed E-state index contributed by atoms with van der Waals surface area (Å²) in [5, 5.41) is 33.5. The predicted molar refractivity (Wildman–Crippen MR) is 78.6 cm³/mol. The van der Waals surface area contributed by atoms with E-state index in [1.54, 1.807) is 12.1 Å². The van der Waals surface area contributed by atoms with Gasteiger partial charge in [0.25, 0.3) is 5.91 Å². The zero-order valence-corrected chi connectivity index (χ0v) is 11.8. The lowest BCUT2D eigenvalue weighted by atomic mass is 9.77. The van der Waals surface area contributed by atoms with E-state index < -0.39 is 17.6 Å². The van der Waals surface area contributed by atoms with Gasteiger partial charge < -0.3 is 25.4 Å². The van der Waals surface area contributed by atoms with E-state index in [0.717, 1.165) is 0 Å². The summed E-state index contributed by atoms with van der Waals surface area (Å²) < 4.78 is 5.18. The monoisotopic (exact) mass is 301 g/mol.